The SMILES string of the molecule is COc1ccc(Br)c(NCC(=O)Nc2ccc(C#N)c(Cl)c2)c1. The molecule has 0 atom stereocenters. The molecule has 0 saturated carbocycles. The van der Waals surface area contributed by atoms with Gasteiger partial charge in [0.15, 0.2) is 0 Å². The van der Waals surface area contributed by atoms with Crippen LogP contribution in [0.3, 0.4) is 0 Å². The smallest absolute Gasteiger partial charge is 0.243 e. The number of nitrogens with zero attached hydrogens (tertiary/aromatic N) is 1. The van der Waals surface area contributed by atoms with Crippen molar-refractivity contribution >= 4 is 44.8 Å². The molecular weight excluding hydrogens is 382 g/mol. The number of ether oxygens (including phenoxy) is 1. The Hall–Kier alpha value is -2.23. The summed E-state index contributed by atoms with van der Waals surface area (Å²) in [7, 11) is 1.58. The van der Waals surface area contributed by atoms with Crippen LogP contribution in [0.4, 0.5) is 11.4 Å². The number of halogens is 2. The maximum absolute atomic E-state index is 12.0. The molecule has 2 aromatic rings. The summed E-state index contributed by atoms with van der Waals surface area (Å²) in [5.74, 6) is 0.454. The first-order chi connectivity index (χ1) is 11.0. The molecule has 0 aliphatic rings. The molecule has 0 aromatic heterocycles. The monoisotopic (exact) mass is 393 g/mol. The van der Waals surface area contributed by atoms with Crippen molar-refractivity contribution in [3.05, 3.63) is 51.5 Å². The molecule has 0 spiro atoms. The van der Waals surface area contributed by atoms with Crippen molar-refractivity contribution in [3.63, 3.8) is 0 Å². The van der Waals surface area contributed by atoms with Crippen LogP contribution in [0, 0.1) is 11.3 Å². The van der Waals surface area contributed by atoms with Gasteiger partial charge < -0.3 is 15.4 Å². The summed E-state index contributed by atoms with van der Waals surface area (Å²) in [4.78, 5) is 12.0. The molecule has 0 fully saturated rings. The second-order valence-corrected chi connectivity index (χ2v) is 5.82. The van der Waals surface area contributed by atoms with Crippen LogP contribution < -0.4 is 15.4 Å². The van der Waals surface area contributed by atoms with Crippen LogP contribution in [0.5, 0.6) is 5.75 Å². The Morgan fingerprint density at radius 3 is 2.78 bits per heavy atom. The van der Waals surface area contributed by atoms with Gasteiger partial charge in [-0.1, -0.05) is 11.6 Å². The molecule has 118 valence electrons. The van der Waals surface area contributed by atoms with Crippen molar-refractivity contribution in [2.24, 2.45) is 0 Å². The van der Waals surface area contributed by atoms with E-state index in [-0.39, 0.29) is 12.5 Å². The molecule has 2 N–H and O–H groups in total. The van der Waals surface area contributed by atoms with E-state index in [1.54, 1.807) is 31.4 Å². The van der Waals surface area contributed by atoms with Crippen molar-refractivity contribution in [1.29, 1.82) is 5.26 Å². The summed E-state index contributed by atoms with van der Waals surface area (Å²) in [6, 6.07) is 12.1. The van der Waals surface area contributed by atoms with E-state index in [0.717, 1.165) is 10.2 Å². The maximum atomic E-state index is 12.0. The topological polar surface area (TPSA) is 74.2 Å². The van der Waals surface area contributed by atoms with E-state index in [0.29, 0.717) is 22.0 Å². The first kappa shape index (κ1) is 17.1. The van der Waals surface area contributed by atoms with Crippen molar-refractivity contribution < 1.29 is 9.53 Å². The van der Waals surface area contributed by atoms with Gasteiger partial charge in [0.25, 0.3) is 0 Å². The van der Waals surface area contributed by atoms with Crippen LogP contribution in [-0.4, -0.2) is 19.6 Å². The van der Waals surface area contributed by atoms with Crippen LogP contribution >= 0.6 is 27.5 Å². The number of hydrogen-bond donors (Lipinski definition) is 2. The number of rotatable bonds is 5. The molecule has 1 amide bonds. The van der Waals surface area contributed by atoms with Crippen LogP contribution in [0.15, 0.2) is 40.9 Å². The standard InChI is InChI=1S/C16H13BrClN3O2/c1-23-12-4-5-13(17)15(7-12)20-9-16(22)21-11-3-2-10(8-19)14(18)6-11/h2-7,20H,9H2,1H3,(H,21,22). The highest BCUT2D eigenvalue weighted by Gasteiger charge is 2.07. The van der Waals surface area contributed by atoms with E-state index in [9.17, 15) is 4.79 Å². The van der Waals surface area contributed by atoms with Crippen molar-refractivity contribution in [2.45, 2.75) is 0 Å². The summed E-state index contributed by atoms with van der Waals surface area (Å²) in [5.41, 5.74) is 1.64. The van der Waals surface area contributed by atoms with Crippen LogP contribution in [-0.2, 0) is 4.79 Å². The fraction of sp³-hybridized carbons (Fsp3) is 0.125. The molecule has 0 unspecified atom stereocenters. The fourth-order valence-electron chi connectivity index (χ4n) is 1.83. The normalized spacial score (nSPS) is 9.83. The Kier molecular flexibility index (Phi) is 5.85. The number of hydrogen-bond acceptors (Lipinski definition) is 4. The van der Waals surface area contributed by atoms with E-state index in [1.165, 1.54) is 0 Å². The summed E-state index contributed by atoms with van der Waals surface area (Å²) in [5, 5.41) is 14.9. The molecule has 23 heavy (non-hydrogen) atoms. The quantitative estimate of drug-likeness (QED) is 0.803. The van der Waals surface area contributed by atoms with Crippen molar-refractivity contribution in [2.75, 3.05) is 24.3 Å². The number of methoxy groups -OCH3 is 1. The third-order valence-corrected chi connectivity index (χ3v) is 3.99. The Labute approximate surface area is 147 Å². The van der Waals surface area contributed by atoms with Gasteiger partial charge in [-0.2, -0.15) is 5.26 Å². The highest BCUT2D eigenvalue weighted by molar-refractivity contribution is 9.10. The fourth-order valence-corrected chi connectivity index (χ4v) is 2.44. The average molecular weight is 395 g/mol. The lowest BCUT2D eigenvalue weighted by Gasteiger charge is -2.11. The van der Waals surface area contributed by atoms with Crippen molar-refractivity contribution in [1.82, 2.24) is 0 Å². The van der Waals surface area contributed by atoms with Gasteiger partial charge in [-0.3, -0.25) is 4.79 Å². The number of carbonyl (C=O) groups excluding carboxylic acids is 1. The largest absolute Gasteiger partial charge is 0.497 e. The Morgan fingerprint density at radius 1 is 1.35 bits per heavy atom. The molecule has 7 heteroatoms. The second kappa shape index (κ2) is 7.86. The first-order valence-electron chi connectivity index (χ1n) is 6.60. The van der Waals surface area contributed by atoms with Gasteiger partial charge in [0.1, 0.15) is 11.8 Å². The molecule has 0 radical (unpaired) electrons. The van der Waals surface area contributed by atoms with Crippen LogP contribution in [0.25, 0.3) is 0 Å². The highest BCUT2D eigenvalue weighted by Crippen LogP contribution is 2.27. The predicted octanol–water partition coefficient (Wildman–Crippen LogP) is 4.03. The first-order valence-corrected chi connectivity index (χ1v) is 7.77. The van der Waals surface area contributed by atoms with Gasteiger partial charge in [0.05, 0.1) is 29.9 Å². The van der Waals surface area contributed by atoms with Gasteiger partial charge in [-0.25, -0.2) is 0 Å². The minimum Gasteiger partial charge on any atom is -0.497 e. The van der Waals surface area contributed by atoms with E-state index < -0.39 is 0 Å². The molecule has 2 aromatic carbocycles. The Balaban J connectivity index is 1.98. The Morgan fingerprint density at radius 2 is 2.13 bits per heavy atom. The van der Waals surface area contributed by atoms with Crippen LogP contribution in [0.2, 0.25) is 5.02 Å². The van der Waals surface area contributed by atoms with Crippen LogP contribution in [0.1, 0.15) is 5.56 Å². The van der Waals surface area contributed by atoms with Crippen molar-refractivity contribution in [3.8, 4) is 11.8 Å². The summed E-state index contributed by atoms with van der Waals surface area (Å²) in [6.07, 6.45) is 0. The van der Waals surface area contributed by atoms with E-state index in [1.807, 2.05) is 18.2 Å². The van der Waals surface area contributed by atoms with E-state index in [4.69, 9.17) is 21.6 Å². The molecule has 0 aliphatic carbocycles. The molecule has 2 rings (SSSR count). The second-order valence-electron chi connectivity index (χ2n) is 4.55. The molecule has 0 aliphatic heterocycles. The lowest BCUT2D eigenvalue weighted by atomic mass is 10.2. The molecule has 0 heterocycles. The molecule has 5 nitrogen and oxygen atoms in total. The minimum absolute atomic E-state index is 0.0728. The number of amides is 1. The van der Waals surface area contributed by atoms with E-state index in [2.05, 4.69) is 26.6 Å². The van der Waals surface area contributed by atoms with Gasteiger partial charge in [-0.15, -0.1) is 0 Å². The third kappa shape index (κ3) is 4.62. The zero-order valence-corrected chi connectivity index (χ0v) is 14.5. The lowest BCUT2D eigenvalue weighted by Crippen LogP contribution is -2.21. The van der Waals surface area contributed by atoms with Gasteiger partial charge in [0, 0.05) is 16.2 Å². The number of benzene rings is 2. The third-order valence-electron chi connectivity index (χ3n) is 2.99. The molecular formula is C16H13BrClN3O2. The number of anilines is 2. The predicted molar refractivity (Wildman–Crippen MR) is 94.0 cm³/mol. The van der Waals surface area contributed by atoms with E-state index >= 15 is 0 Å². The zero-order valence-electron chi connectivity index (χ0n) is 12.2. The average Bonchev–Trinajstić information content (AvgIpc) is 2.54. The van der Waals surface area contributed by atoms with Gasteiger partial charge in [0.2, 0.25) is 5.91 Å². The minimum atomic E-state index is -0.236. The maximum Gasteiger partial charge on any atom is 0.243 e. The molecule has 0 bridgehead atoms. The molecule has 0 saturated heterocycles. The number of nitrogens with one attached hydrogen (secondary N) is 2. The number of carbonyl (C=O) groups is 1. The highest BCUT2D eigenvalue weighted by atomic mass is 79.9. The zero-order chi connectivity index (χ0) is 16.8. The summed E-state index contributed by atoms with van der Waals surface area (Å²) in [6.45, 7) is 0.0728. The summed E-state index contributed by atoms with van der Waals surface area (Å²) < 4.78 is 5.97. The summed E-state index contributed by atoms with van der Waals surface area (Å²) >= 11 is 9.33. The number of nitriles is 1. The van der Waals surface area contributed by atoms with Gasteiger partial charge in [-0.05, 0) is 46.3 Å². The lowest BCUT2D eigenvalue weighted by molar-refractivity contribution is -0.114. The Bertz CT molecular complexity index is 774. The van der Waals surface area contributed by atoms with Gasteiger partial charge >= 0.3 is 0 Å².